The highest BCUT2D eigenvalue weighted by atomic mass is 79.9. The Morgan fingerprint density at radius 3 is 2.74 bits per heavy atom. The Labute approximate surface area is 144 Å². The van der Waals surface area contributed by atoms with Gasteiger partial charge in [-0.25, -0.2) is 4.68 Å². The minimum atomic E-state index is -0.0949. The van der Waals surface area contributed by atoms with E-state index in [1.807, 2.05) is 0 Å². The molecular weight excluding hydrogens is 356 g/mol. The minimum absolute atomic E-state index is 0.0949. The number of hydrogen-bond acceptors (Lipinski definition) is 4. The zero-order valence-corrected chi connectivity index (χ0v) is 15.0. The number of aryl methyl sites for hydroxylation is 2. The Kier molecular flexibility index (Phi) is 4.71. The van der Waals surface area contributed by atoms with E-state index in [-0.39, 0.29) is 5.56 Å². The van der Waals surface area contributed by atoms with Gasteiger partial charge in [0.05, 0.1) is 11.9 Å². The summed E-state index contributed by atoms with van der Waals surface area (Å²) in [5.74, 6) is 0. The monoisotopic (exact) mass is 376 g/mol. The number of hydrogen-bond donors (Lipinski definition) is 1. The lowest BCUT2D eigenvalue weighted by Crippen LogP contribution is -2.40. The number of benzene rings is 1. The maximum absolute atomic E-state index is 12.0. The van der Waals surface area contributed by atoms with Crippen molar-refractivity contribution in [1.82, 2.24) is 9.78 Å². The SMILES string of the molecule is Cc1cccc(NC2CCN(c3cnn(C)c(=O)c3Br)CC2)c1. The summed E-state index contributed by atoms with van der Waals surface area (Å²) in [6, 6.07) is 8.93. The van der Waals surface area contributed by atoms with Gasteiger partial charge in [0.25, 0.3) is 5.56 Å². The average molecular weight is 377 g/mol. The Morgan fingerprint density at radius 1 is 1.30 bits per heavy atom. The van der Waals surface area contributed by atoms with Crippen LogP contribution in [-0.4, -0.2) is 28.9 Å². The van der Waals surface area contributed by atoms with Crippen LogP contribution in [0.4, 0.5) is 11.4 Å². The second-order valence-electron chi connectivity index (χ2n) is 6.05. The van der Waals surface area contributed by atoms with Crippen molar-refractivity contribution in [2.75, 3.05) is 23.3 Å². The van der Waals surface area contributed by atoms with E-state index in [4.69, 9.17) is 0 Å². The smallest absolute Gasteiger partial charge is 0.282 e. The van der Waals surface area contributed by atoms with E-state index < -0.39 is 0 Å². The van der Waals surface area contributed by atoms with Crippen molar-refractivity contribution in [1.29, 1.82) is 0 Å². The van der Waals surface area contributed by atoms with E-state index >= 15 is 0 Å². The molecular formula is C17H21BrN4O. The van der Waals surface area contributed by atoms with Crippen molar-refractivity contribution in [3.63, 3.8) is 0 Å². The molecule has 0 saturated carbocycles. The first kappa shape index (κ1) is 16.1. The van der Waals surface area contributed by atoms with Gasteiger partial charge in [-0.05, 0) is 53.4 Å². The molecule has 0 bridgehead atoms. The summed E-state index contributed by atoms with van der Waals surface area (Å²) in [7, 11) is 1.66. The zero-order valence-electron chi connectivity index (χ0n) is 13.4. The third-order valence-corrected chi connectivity index (χ3v) is 5.03. The number of halogens is 1. The Morgan fingerprint density at radius 2 is 2.04 bits per heavy atom. The zero-order chi connectivity index (χ0) is 16.4. The van der Waals surface area contributed by atoms with Gasteiger partial charge >= 0.3 is 0 Å². The quantitative estimate of drug-likeness (QED) is 0.894. The van der Waals surface area contributed by atoms with Gasteiger partial charge in [0.1, 0.15) is 4.47 Å². The predicted octanol–water partition coefficient (Wildman–Crippen LogP) is 2.93. The topological polar surface area (TPSA) is 50.2 Å². The summed E-state index contributed by atoms with van der Waals surface area (Å²) < 4.78 is 1.94. The molecule has 3 rings (SSSR count). The lowest BCUT2D eigenvalue weighted by Gasteiger charge is -2.34. The average Bonchev–Trinajstić information content (AvgIpc) is 2.54. The summed E-state index contributed by atoms with van der Waals surface area (Å²) in [5, 5.41) is 7.74. The Balaban J connectivity index is 1.65. The fraction of sp³-hybridized carbons (Fsp3) is 0.412. The second kappa shape index (κ2) is 6.74. The molecule has 1 N–H and O–H groups in total. The van der Waals surface area contributed by atoms with Crippen LogP contribution in [0.1, 0.15) is 18.4 Å². The third kappa shape index (κ3) is 3.58. The molecule has 5 nitrogen and oxygen atoms in total. The van der Waals surface area contributed by atoms with Crippen molar-refractivity contribution in [3.8, 4) is 0 Å². The summed E-state index contributed by atoms with van der Waals surface area (Å²) in [6.07, 6.45) is 3.84. The summed E-state index contributed by atoms with van der Waals surface area (Å²) in [6.45, 7) is 3.93. The molecule has 0 atom stereocenters. The second-order valence-corrected chi connectivity index (χ2v) is 6.84. The number of anilines is 2. The van der Waals surface area contributed by atoms with Crippen molar-refractivity contribution >= 4 is 27.3 Å². The van der Waals surface area contributed by atoms with Crippen LogP contribution >= 0.6 is 15.9 Å². The molecule has 0 radical (unpaired) electrons. The van der Waals surface area contributed by atoms with Crippen LogP contribution in [0.2, 0.25) is 0 Å². The van der Waals surface area contributed by atoms with Crippen LogP contribution in [0.15, 0.2) is 39.7 Å². The van der Waals surface area contributed by atoms with Crippen LogP contribution < -0.4 is 15.8 Å². The van der Waals surface area contributed by atoms with Gasteiger partial charge in [-0.3, -0.25) is 4.79 Å². The summed E-state index contributed by atoms with van der Waals surface area (Å²) >= 11 is 3.41. The molecule has 1 aliphatic heterocycles. The lowest BCUT2D eigenvalue weighted by atomic mass is 10.0. The van der Waals surface area contributed by atoms with E-state index in [0.717, 1.165) is 31.6 Å². The molecule has 2 heterocycles. The highest BCUT2D eigenvalue weighted by Crippen LogP contribution is 2.26. The summed E-state index contributed by atoms with van der Waals surface area (Å²) in [4.78, 5) is 14.2. The number of rotatable bonds is 3. The molecule has 2 aromatic rings. The van der Waals surface area contributed by atoms with Crippen LogP contribution in [0, 0.1) is 6.92 Å². The van der Waals surface area contributed by atoms with Crippen molar-refractivity contribution in [3.05, 3.63) is 50.9 Å². The molecule has 0 spiro atoms. The molecule has 1 aliphatic rings. The maximum atomic E-state index is 12.0. The molecule has 23 heavy (non-hydrogen) atoms. The minimum Gasteiger partial charge on any atom is -0.382 e. The highest BCUT2D eigenvalue weighted by Gasteiger charge is 2.22. The van der Waals surface area contributed by atoms with E-state index in [0.29, 0.717) is 10.5 Å². The molecule has 1 aromatic heterocycles. The fourth-order valence-electron chi connectivity index (χ4n) is 2.96. The summed E-state index contributed by atoms with van der Waals surface area (Å²) in [5.41, 5.74) is 3.24. The third-order valence-electron chi connectivity index (χ3n) is 4.28. The van der Waals surface area contributed by atoms with E-state index in [1.54, 1.807) is 13.2 Å². The van der Waals surface area contributed by atoms with Crippen molar-refractivity contribution in [2.24, 2.45) is 7.05 Å². The largest absolute Gasteiger partial charge is 0.382 e. The van der Waals surface area contributed by atoms with Crippen molar-refractivity contribution < 1.29 is 0 Å². The van der Waals surface area contributed by atoms with Gasteiger partial charge in [0.2, 0.25) is 0 Å². The number of nitrogens with one attached hydrogen (secondary N) is 1. The first-order chi connectivity index (χ1) is 11.0. The molecule has 0 amide bonds. The van der Waals surface area contributed by atoms with Gasteiger partial charge in [-0.15, -0.1) is 0 Å². The normalized spacial score (nSPS) is 15.7. The first-order valence-electron chi connectivity index (χ1n) is 7.84. The fourth-order valence-corrected chi connectivity index (χ4v) is 3.57. The predicted molar refractivity (Wildman–Crippen MR) is 97.2 cm³/mol. The van der Waals surface area contributed by atoms with E-state index in [2.05, 4.69) is 62.4 Å². The highest BCUT2D eigenvalue weighted by molar-refractivity contribution is 9.10. The molecule has 1 fully saturated rings. The number of nitrogens with zero attached hydrogens (tertiary/aromatic N) is 3. The molecule has 0 unspecified atom stereocenters. The Hall–Kier alpha value is -1.82. The molecule has 122 valence electrons. The number of piperidine rings is 1. The van der Waals surface area contributed by atoms with Crippen molar-refractivity contribution in [2.45, 2.75) is 25.8 Å². The first-order valence-corrected chi connectivity index (χ1v) is 8.64. The number of aromatic nitrogens is 2. The van der Waals surface area contributed by atoms with Crippen LogP contribution in [0.5, 0.6) is 0 Å². The molecule has 0 aliphatic carbocycles. The maximum Gasteiger partial charge on any atom is 0.282 e. The molecule has 1 saturated heterocycles. The van der Waals surface area contributed by atoms with Crippen LogP contribution in [-0.2, 0) is 7.05 Å². The van der Waals surface area contributed by atoms with E-state index in [1.165, 1.54) is 15.9 Å². The van der Waals surface area contributed by atoms with Crippen LogP contribution in [0.3, 0.4) is 0 Å². The van der Waals surface area contributed by atoms with Gasteiger partial charge in [0, 0.05) is 31.9 Å². The standard InChI is InChI=1S/C17H21BrN4O/c1-12-4-3-5-14(10-12)20-13-6-8-22(9-7-13)15-11-19-21(2)17(23)16(15)18/h3-5,10-11,13,20H,6-9H2,1-2H3. The Bertz CT molecular complexity index is 750. The molecule has 1 aromatic carbocycles. The van der Waals surface area contributed by atoms with E-state index in [9.17, 15) is 4.79 Å². The van der Waals surface area contributed by atoms with Gasteiger partial charge < -0.3 is 10.2 Å². The lowest BCUT2D eigenvalue weighted by molar-refractivity contribution is 0.524. The molecule has 6 heteroatoms. The van der Waals surface area contributed by atoms with Gasteiger partial charge in [-0.1, -0.05) is 12.1 Å². The van der Waals surface area contributed by atoms with Crippen LogP contribution in [0.25, 0.3) is 0 Å². The van der Waals surface area contributed by atoms with Gasteiger partial charge in [-0.2, -0.15) is 5.10 Å². The van der Waals surface area contributed by atoms with Gasteiger partial charge in [0.15, 0.2) is 0 Å².